The summed E-state index contributed by atoms with van der Waals surface area (Å²) < 4.78 is 22.0. The first-order valence-corrected chi connectivity index (χ1v) is 11.0. The molecule has 1 aliphatic carbocycles. The maximum absolute atomic E-state index is 14.9. The Kier molecular flexibility index (Phi) is 5.40. The van der Waals surface area contributed by atoms with E-state index in [1.54, 1.807) is 47.8 Å². The van der Waals surface area contributed by atoms with E-state index in [2.05, 4.69) is 30.9 Å². The third-order valence-corrected chi connectivity index (χ3v) is 6.46. The number of rotatable bonds is 4. The normalized spacial score (nSPS) is 22.4. The van der Waals surface area contributed by atoms with Crippen molar-refractivity contribution in [1.29, 1.82) is 0 Å². The summed E-state index contributed by atoms with van der Waals surface area (Å²) in [7, 11) is 0. The van der Waals surface area contributed by atoms with Gasteiger partial charge in [-0.2, -0.15) is 0 Å². The first kappa shape index (κ1) is 20.1. The van der Waals surface area contributed by atoms with Crippen molar-refractivity contribution in [3.05, 3.63) is 70.8 Å². The molecule has 158 valence electrons. The van der Waals surface area contributed by atoms with Crippen molar-refractivity contribution in [2.45, 2.75) is 31.4 Å². The minimum atomic E-state index is -0.566. The van der Waals surface area contributed by atoms with Crippen molar-refractivity contribution in [1.82, 2.24) is 19.9 Å². The number of carbonyl (C=O) groups excluding carboxylic acids is 1. The van der Waals surface area contributed by atoms with Crippen LogP contribution in [0.25, 0.3) is 11.4 Å². The first-order valence-electron chi connectivity index (χ1n) is 10.2. The molecular weight excluding hydrogens is 463 g/mol. The second kappa shape index (κ2) is 8.34. The number of piperidine rings is 2. The molecule has 6 rings (SSSR count). The highest BCUT2D eigenvalue weighted by Gasteiger charge is 2.45. The van der Waals surface area contributed by atoms with E-state index in [1.807, 2.05) is 6.07 Å². The number of fused-ring (bicyclic) bond motifs is 3. The van der Waals surface area contributed by atoms with Crippen LogP contribution in [0.5, 0.6) is 5.88 Å². The van der Waals surface area contributed by atoms with Gasteiger partial charge in [-0.1, -0.05) is 12.1 Å². The van der Waals surface area contributed by atoms with Gasteiger partial charge < -0.3 is 9.64 Å². The summed E-state index contributed by atoms with van der Waals surface area (Å²) in [4.78, 5) is 28.1. The van der Waals surface area contributed by atoms with E-state index in [9.17, 15) is 9.18 Å². The number of halogens is 2. The van der Waals surface area contributed by atoms with Gasteiger partial charge in [-0.3, -0.25) is 4.79 Å². The smallest absolute Gasteiger partial charge is 0.257 e. The maximum atomic E-state index is 14.9. The van der Waals surface area contributed by atoms with E-state index in [-0.39, 0.29) is 23.6 Å². The lowest BCUT2D eigenvalue weighted by atomic mass is 9.77. The van der Waals surface area contributed by atoms with Crippen LogP contribution < -0.4 is 4.74 Å². The zero-order chi connectivity index (χ0) is 21.4. The van der Waals surface area contributed by atoms with Crippen molar-refractivity contribution in [2.24, 2.45) is 5.92 Å². The van der Waals surface area contributed by atoms with Crippen LogP contribution in [-0.2, 0) is 0 Å². The number of nitrogens with zero attached hydrogens (tertiary/aromatic N) is 4. The summed E-state index contributed by atoms with van der Waals surface area (Å²) in [5.41, 5.74) is 0.417. The Balaban J connectivity index is 1.45. The molecule has 0 spiro atoms. The van der Waals surface area contributed by atoms with Crippen molar-refractivity contribution in [3.63, 3.8) is 0 Å². The van der Waals surface area contributed by atoms with Crippen LogP contribution in [0.1, 0.15) is 29.6 Å². The van der Waals surface area contributed by atoms with Gasteiger partial charge in [-0.15, -0.1) is 0 Å². The molecule has 6 nitrogen and oxygen atoms in total. The Bertz CT molecular complexity index is 1100. The van der Waals surface area contributed by atoms with Gasteiger partial charge in [0.1, 0.15) is 11.9 Å². The molecule has 3 aromatic rings. The molecule has 0 radical (unpaired) electrons. The topological polar surface area (TPSA) is 68.2 Å². The molecule has 1 saturated carbocycles. The average Bonchev–Trinajstić information content (AvgIpc) is 2.81. The van der Waals surface area contributed by atoms with Crippen LogP contribution in [0.3, 0.4) is 0 Å². The van der Waals surface area contributed by atoms with Crippen molar-refractivity contribution >= 4 is 21.8 Å². The third kappa shape index (κ3) is 3.92. The molecule has 2 aliphatic heterocycles. The Morgan fingerprint density at radius 3 is 2.68 bits per heavy atom. The van der Waals surface area contributed by atoms with Gasteiger partial charge in [0.05, 0.1) is 11.6 Å². The molecular formula is C23H20BrFN4O2. The fourth-order valence-electron chi connectivity index (χ4n) is 4.59. The standard InChI is InChI=1S/C23H20BrFN4O2/c24-15-6-8-20(28-12-15)31-19-11-14-5-7-18(19)29(13-14)23(30)21-16(3-1-4-17(21)25)22-26-9-2-10-27-22/h1-4,6,8-10,12,14,18-19H,5,7,11,13H2/t14-,18+,19-/m1/s1. The van der Waals surface area contributed by atoms with E-state index in [1.165, 1.54) is 6.07 Å². The molecule has 1 amide bonds. The van der Waals surface area contributed by atoms with Crippen LogP contribution in [0.4, 0.5) is 4.39 Å². The number of hydrogen-bond donors (Lipinski definition) is 0. The first-order chi connectivity index (χ1) is 15.1. The number of benzene rings is 1. The summed E-state index contributed by atoms with van der Waals surface area (Å²) in [5, 5.41) is 0. The molecule has 8 heteroatoms. The molecule has 31 heavy (non-hydrogen) atoms. The number of carbonyl (C=O) groups is 1. The number of hydrogen-bond acceptors (Lipinski definition) is 5. The van der Waals surface area contributed by atoms with Gasteiger partial charge in [-0.05, 0) is 59.3 Å². The van der Waals surface area contributed by atoms with Crippen LogP contribution in [0.15, 0.2) is 59.5 Å². The van der Waals surface area contributed by atoms with E-state index in [4.69, 9.17) is 4.74 Å². The molecule has 3 atom stereocenters. The van der Waals surface area contributed by atoms with E-state index < -0.39 is 5.82 Å². The summed E-state index contributed by atoms with van der Waals surface area (Å²) in [5.74, 6) is 0.269. The Hall–Kier alpha value is -2.87. The monoisotopic (exact) mass is 482 g/mol. The molecule has 1 aromatic carbocycles. The summed E-state index contributed by atoms with van der Waals surface area (Å²) in [6, 6.07) is 9.80. The van der Waals surface area contributed by atoms with Crippen LogP contribution in [-0.4, -0.2) is 44.4 Å². The molecule has 2 saturated heterocycles. The highest BCUT2D eigenvalue weighted by atomic mass is 79.9. The fraction of sp³-hybridized carbons (Fsp3) is 0.304. The second-order valence-electron chi connectivity index (χ2n) is 7.91. The molecule has 0 unspecified atom stereocenters. The van der Waals surface area contributed by atoms with Crippen molar-refractivity contribution in [2.75, 3.05) is 6.54 Å². The minimum absolute atomic E-state index is 0.0155. The molecule has 4 heterocycles. The lowest BCUT2D eigenvalue weighted by Gasteiger charge is -2.49. The van der Waals surface area contributed by atoms with Crippen molar-refractivity contribution in [3.8, 4) is 17.3 Å². The van der Waals surface area contributed by atoms with E-state index in [0.717, 1.165) is 23.7 Å². The molecule has 3 aliphatic rings. The van der Waals surface area contributed by atoms with E-state index in [0.29, 0.717) is 29.7 Å². The lowest BCUT2D eigenvalue weighted by Crippen LogP contribution is -2.59. The molecule has 0 N–H and O–H groups in total. The molecule has 2 aromatic heterocycles. The van der Waals surface area contributed by atoms with E-state index >= 15 is 0 Å². The Morgan fingerprint density at radius 2 is 1.94 bits per heavy atom. The van der Waals surface area contributed by atoms with Gasteiger partial charge >= 0.3 is 0 Å². The van der Waals surface area contributed by atoms with Crippen LogP contribution in [0, 0.1) is 11.7 Å². The summed E-state index contributed by atoms with van der Waals surface area (Å²) >= 11 is 3.37. The predicted octanol–water partition coefficient (Wildman–Crippen LogP) is 4.51. The zero-order valence-electron chi connectivity index (χ0n) is 16.6. The zero-order valence-corrected chi connectivity index (χ0v) is 18.2. The number of aromatic nitrogens is 3. The molecule has 3 fully saturated rings. The van der Waals surface area contributed by atoms with Gasteiger partial charge in [0.15, 0.2) is 5.82 Å². The predicted molar refractivity (Wildman–Crippen MR) is 116 cm³/mol. The van der Waals surface area contributed by atoms with Crippen LogP contribution in [0.2, 0.25) is 0 Å². The lowest BCUT2D eigenvalue weighted by molar-refractivity contribution is -0.0315. The number of amides is 1. The van der Waals surface area contributed by atoms with Gasteiger partial charge in [-0.25, -0.2) is 19.3 Å². The summed E-state index contributed by atoms with van der Waals surface area (Å²) in [6.07, 6.45) is 7.40. The second-order valence-corrected chi connectivity index (χ2v) is 8.83. The van der Waals surface area contributed by atoms with Crippen molar-refractivity contribution < 1.29 is 13.9 Å². The summed E-state index contributed by atoms with van der Waals surface area (Å²) in [6.45, 7) is 0.598. The van der Waals surface area contributed by atoms with Gasteiger partial charge in [0.25, 0.3) is 5.91 Å². The molecule has 2 bridgehead atoms. The quantitative estimate of drug-likeness (QED) is 0.546. The minimum Gasteiger partial charge on any atom is -0.472 e. The fourth-order valence-corrected chi connectivity index (χ4v) is 4.82. The number of ether oxygens (including phenoxy) is 1. The maximum Gasteiger partial charge on any atom is 0.257 e. The SMILES string of the molecule is O=C(c1c(F)cccc1-c1ncccn1)N1C[C@@H]2CC[C@H]1[C@H](Oc1ccc(Br)cn1)C2. The largest absolute Gasteiger partial charge is 0.472 e. The van der Waals surface area contributed by atoms with Gasteiger partial charge in [0, 0.05) is 41.2 Å². The Labute approximate surface area is 187 Å². The Morgan fingerprint density at radius 1 is 1.10 bits per heavy atom. The highest BCUT2D eigenvalue weighted by molar-refractivity contribution is 9.10. The highest BCUT2D eigenvalue weighted by Crippen LogP contribution is 2.39. The van der Waals surface area contributed by atoms with Gasteiger partial charge in [0.2, 0.25) is 5.88 Å². The van der Waals surface area contributed by atoms with Crippen LogP contribution >= 0.6 is 15.9 Å². The average molecular weight is 483 g/mol. The number of pyridine rings is 1. The third-order valence-electron chi connectivity index (χ3n) is 5.99.